The van der Waals surface area contributed by atoms with Crippen LogP contribution in [0.2, 0.25) is 0 Å². The van der Waals surface area contributed by atoms with Gasteiger partial charge in [-0.25, -0.2) is 0 Å². The first kappa shape index (κ1) is 31.6. The number of hydrogen-bond donors (Lipinski definition) is 5. The molecule has 0 aliphatic carbocycles. The van der Waals surface area contributed by atoms with Crippen molar-refractivity contribution >= 4 is 34.9 Å². The molecule has 234 valence electrons. The number of imide groups is 2. The third-order valence-electron chi connectivity index (χ3n) is 8.30. The smallest absolute Gasteiger partial charge is 0.264 e. The van der Waals surface area contributed by atoms with E-state index in [2.05, 4.69) is 59.4 Å². The zero-order valence-electron chi connectivity index (χ0n) is 25.6. The van der Waals surface area contributed by atoms with Gasteiger partial charge < -0.3 is 15.7 Å². The van der Waals surface area contributed by atoms with Crippen molar-refractivity contribution in [2.24, 2.45) is 0 Å². The predicted octanol–water partition coefficient (Wildman–Crippen LogP) is 3.93. The average Bonchev–Trinajstić information content (AvgIpc) is 3.30. The number of nitrogens with zero attached hydrogens (tertiary/aromatic N) is 1. The Hall–Kier alpha value is -4.80. The molecule has 5 N–H and O–H groups in total. The molecule has 0 saturated carbocycles. The summed E-state index contributed by atoms with van der Waals surface area (Å²) in [6.45, 7) is 5.86. The van der Waals surface area contributed by atoms with Crippen LogP contribution in [0.5, 0.6) is 0 Å². The van der Waals surface area contributed by atoms with E-state index < -0.39 is 35.9 Å². The van der Waals surface area contributed by atoms with Crippen LogP contribution >= 0.6 is 0 Å². The van der Waals surface area contributed by atoms with Gasteiger partial charge >= 0.3 is 0 Å². The minimum Gasteiger partial charge on any atom is -0.384 e. The topological polar surface area (TPSA) is 140 Å². The molecule has 1 fully saturated rings. The molecule has 2 heterocycles. The molecule has 2 unspecified atom stereocenters. The van der Waals surface area contributed by atoms with Gasteiger partial charge in [-0.15, -0.1) is 0 Å². The SMILES string of the molecule is C/C(NCc1cccc(CNC(O)CCCNc2cccc3c2C(=O)N(C2CCC(=O)NC2=O)C3=O)c1)=C(/C)c1ccccc1. The van der Waals surface area contributed by atoms with Gasteiger partial charge in [-0.1, -0.05) is 60.7 Å². The molecule has 2 aliphatic rings. The molecule has 3 aromatic rings. The molecule has 2 aliphatic heterocycles. The van der Waals surface area contributed by atoms with Crippen molar-refractivity contribution in [2.75, 3.05) is 11.9 Å². The highest BCUT2D eigenvalue weighted by molar-refractivity contribution is 6.25. The van der Waals surface area contributed by atoms with E-state index in [4.69, 9.17) is 0 Å². The third-order valence-corrected chi connectivity index (χ3v) is 8.30. The van der Waals surface area contributed by atoms with Crippen LogP contribution in [0.15, 0.2) is 78.5 Å². The van der Waals surface area contributed by atoms with Gasteiger partial charge in [0.2, 0.25) is 11.8 Å². The minimum atomic E-state index is -1.01. The Kier molecular flexibility index (Phi) is 10.1. The van der Waals surface area contributed by atoms with Crippen LogP contribution in [-0.4, -0.2) is 52.4 Å². The lowest BCUT2D eigenvalue weighted by Gasteiger charge is -2.27. The Morgan fingerprint density at radius 2 is 1.67 bits per heavy atom. The van der Waals surface area contributed by atoms with Crippen molar-refractivity contribution in [1.29, 1.82) is 0 Å². The summed E-state index contributed by atoms with van der Waals surface area (Å²) >= 11 is 0. The number of benzene rings is 3. The monoisotopic (exact) mass is 609 g/mol. The highest BCUT2D eigenvalue weighted by Crippen LogP contribution is 2.32. The quantitative estimate of drug-likeness (QED) is 0.112. The first-order valence-electron chi connectivity index (χ1n) is 15.3. The van der Waals surface area contributed by atoms with E-state index in [1.54, 1.807) is 18.2 Å². The number of aliphatic hydroxyl groups is 1. The molecule has 10 heteroatoms. The molecule has 0 spiro atoms. The zero-order valence-corrected chi connectivity index (χ0v) is 25.6. The lowest BCUT2D eigenvalue weighted by molar-refractivity contribution is -0.136. The van der Waals surface area contributed by atoms with E-state index in [1.807, 2.05) is 30.3 Å². The first-order valence-corrected chi connectivity index (χ1v) is 15.3. The number of allylic oxidation sites excluding steroid dienone is 2. The van der Waals surface area contributed by atoms with Crippen LogP contribution in [0.3, 0.4) is 0 Å². The lowest BCUT2D eigenvalue weighted by atomic mass is 10.0. The summed E-state index contributed by atoms with van der Waals surface area (Å²) in [6.07, 6.45) is 0.533. The van der Waals surface area contributed by atoms with Crippen molar-refractivity contribution in [3.63, 3.8) is 0 Å². The van der Waals surface area contributed by atoms with Gasteiger partial charge in [0, 0.05) is 37.4 Å². The molecule has 0 bridgehead atoms. The van der Waals surface area contributed by atoms with Crippen LogP contribution in [0.4, 0.5) is 5.69 Å². The number of hydrogen-bond acceptors (Lipinski definition) is 8. The molecule has 10 nitrogen and oxygen atoms in total. The number of carbonyl (C=O) groups excluding carboxylic acids is 4. The average molecular weight is 610 g/mol. The number of carbonyl (C=O) groups is 4. The highest BCUT2D eigenvalue weighted by Gasteiger charge is 2.45. The molecule has 2 atom stereocenters. The van der Waals surface area contributed by atoms with Gasteiger partial charge in [0.05, 0.1) is 11.1 Å². The number of nitrogens with one attached hydrogen (secondary N) is 4. The van der Waals surface area contributed by atoms with Gasteiger partial charge in [0.15, 0.2) is 0 Å². The van der Waals surface area contributed by atoms with E-state index in [1.165, 1.54) is 11.1 Å². The molecule has 5 rings (SSSR count). The maximum atomic E-state index is 13.2. The standard InChI is InChI=1S/C35H39N5O5/c1-22(26-11-4-3-5-12-26)23(2)37-20-24-9-6-10-25(19-24)21-38-30(41)15-8-18-36-28-14-7-13-27-32(28)35(45)40(34(27)44)29-16-17-31(42)39-33(29)43/h3-7,9-14,19,29-30,36-38,41H,8,15-18,20-21H2,1-2H3,(H,39,42,43)/b23-22+. The van der Waals surface area contributed by atoms with E-state index in [0.29, 0.717) is 38.2 Å². The molecule has 45 heavy (non-hydrogen) atoms. The zero-order chi connectivity index (χ0) is 31.9. The lowest BCUT2D eigenvalue weighted by Crippen LogP contribution is -2.54. The minimum absolute atomic E-state index is 0.0696. The van der Waals surface area contributed by atoms with Gasteiger partial charge in [-0.3, -0.25) is 34.7 Å². The largest absolute Gasteiger partial charge is 0.384 e. The van der Waals surface area contributed by atoms with Gasteiger partial charge in [0.25, 0.3) is 11.8 Å². The second-order valence-corrected chi connectivity index (χ2v) is 11.4. The number of anilines is 1. The molecule has 1 saturated heterocycles. The number of aliphatic hydroxyl groups excluding tert-OH is 1. The van der Waals surface area contributed by atoms with Gasteiger partial charge in [-0.2, -0.15) is 0 Å². The highest BCUT2D eigenvalue weighted by atomic mass is 16.3. The molecular weight excluding hydrogens is 570 g/mol. The number of amides is 4. The summed E-state index contributed by atoms with van der Waals surface area (Å²) in [4.78, 5) is 51.1. The molecular formula is C35H39N5O5. The number of piperidine rings is 1. The predicted molar refractivity (Wildman–Crippen MR) is 172 cm³/mol. The van der Waals surface area contributed by atoms with Crippen LogP contribution in [0.1, 0.15) is 76.9 Å². The summed E-state index contributed by atoms with van der Waals surface area (Å²) in [5.41, 5.74) is 6.68. The number of fused-ring (bicyclic) bond motifs is 1. The fraction of sp³-hybridized carbons (Fsp3) is 0.314. The van der Waals surface area contributed by atoms with Gasteiger partial charge in [0.1, 0.15) is 12.3 Å². The summed E-state index contributed by atoms with van der Waals surface area (Å²) < 4.78 is 0. The molecule has 0 radical (unpaired) electrons. The van der Waals surface area contributed by atoms with E-state index in [0.717, 1.165) is 21.7 Å². The second kappa shape index (κ2) is 14.3. The van der Waals surface area contributed by atoms with Crippen LogP contribution in [-0.2, 0) is 22.7 Å². The van der Waals surface area contributed by atoms with Crippen LogP contribution < -0.4 is 21.3 Å². The van der Waals surface area contributed by atoms with Gasteiger partial charge in [-0.05, 0) is 67.5 Å². The first-order chi connectivity index (χ1) is 21.7. The number of rotatable bonds is 13. The van der Waals surface area contributed by atoms with Crippen LogP contribution in [0, 0.1) is 0 Å². The molecule has 4 amide bonds. The fourth-order valence-corrected chi connectivity index (χ4v) is 5.64. The van der Waals surface area contributed by atoms with Crippen LogP contribution in [0.25, 0.3) is 5.57 Å². The summed E-state index contributed by atoms with van der Waals surface area (Å²) in [6, 6.07) is 22.5. The summed E-state index contributed by atoms with van der Waals surface area (Å²) in [7, 11) is 0. The van der Waals surface area contributed by atoms with Crippen molar-refractivity contribution in [3.8, 4) is 0 Å². The summed E-state index contributed by atoms with van der Waals surface area (Å²) in [5.74, 6) is -2.14. The maximum absolute atomic E-state index is 13.2. The Morgan fingerprint density at radius 1 is 0.933 bits per heavy atom. The Bertz CT molecular complexity index is 1620. The summed E-state index contributed by atoms with van der Waals surface area (Å²) in [5, 5.41) is 22.6. The molecule has 0 aromatic heterocycles. The van der Waals surface area contributed by atoms with E-state index in [9.17, 15) is 24.3 Å². The van der Waals surface area contributed by atoms with E-state index >= 15 is 0 Å². The van der Waals surface area contributed by atoms with Crippen molar-refractivity contribution in [2.45, 2.75) is 64.9 Å². The Labute approximate surface area is 262 Å². The van der Waals surface area contributed by atoms with E-state index in [-0.39, 0.29) is 24.0 Å². The Balaban J connectivity index is 1.08. The fourth-order valence-electron chi connectivity index (χ4n) is 5.64. The second-order valence-electron chi connectivity index (χ2n) is 11.4. The third kappa shape index (κ3) is 7.47. The van der Waals surface area contributed by atoms with Crippen molar-refractivity contribution < 1.29 is 24.3 Å². The normalized spacial score (nSPS) is 17.5. The van der Waals surface area contributed by atoms with Crippen molar-refractivity contribution in [3.05, 3.63) is 106 Å². The molecule has 3 aromatic carbocycles. The maximum Gasteiger partial charge on any atom is 0.264 e. The Morgan fingerprint density at radius 3 is 2.42 bits per heavy atom. The van der Waals surface area contributed by atoms with Crippen molar-refractivity contribution in [1.82, 2.24) is 20.9 Å².